The Morgan fingerprint density at radius 2 is 1.64 bits per heavy atom. The van der Waals surface area contributed by atoms with Crippen LogP contribution in [0.4, 0.5) is 0 Å². The average molecular weight is 333 g/mol. The fourth-order valence-electron chi connectivity index (χ4n) is 4.22. The molecule has 0 aromatic heterocycles. The second-order valence-electron chi connectivity index (χ2n) is 7.28. The van der Waals surface area contributed by atoms with Gasteiger partial charge in [0.25, 0.3) is 0 Å². The second-order valence-corrected chi connectivity index (χ2v) is 7.28. The molecular weight excluding hydrogens is 306 g/mol. The minimum absolute atomic E-state index is 0.0711. The fraction of sp³-hybridized carbons (Fsp3) is 0.348. The van der Waals surface area contributed by atoms with Gasteiger partial charge in [0.05, 0.1) is 6.04 Å². The molecule has 1 amide bonds. The van der Waals surface area contributed by atoms with Crippen LogP contribution in [0.3, 0.4) is 0 Å². The van der Waals surface area contributed by atoms with Gasteiger partial charge in [-0.25, -0.2) is 0 Å². The Bertz CT molecular complexity index is 834. The molecule has 0 radical (unpaired) electrons. The third-order valence-electron chi connectivity index (χ3n) is 5.48. The summed E-state index contributed by atoms with van der Waals surface area (Å²) in [4.78, 5) is 11.9. The number of aryl methyl sites for hydroxylation is 4. The highest BCUT2D eigenvalue weighted by Gasteiger charge is 2.32. The van der Waals surface area contributed by atoms with Crippen LogP contribution in [0.25, 0.3) is 0 Å². The highest BCUT2D eigenvalue weighted by molar-refractivity contribution is 5.87. The van der Waals surface area contributed by atoms with Crippen molar-refractivity contribution in [3.05, 3.63) is 81.9 Å². The van der Waals surface area contributed by atoms with Gasteiger partial charge in [0, 0.05) is 5.92 Å². The molecule has 2 aromatic carbocycles. The Balaban J connectivity index is 2.14. The van der Waals surface area contributed by atoms with Gasteiger partial charge in [-0.1, -0.05) is 42.5 Å². The largest absolute Gasteiger partial charge is 0.346 e. The molecule has 2 heteroatoms. The molecule has 0 spiro atoms. The Kier molecular flexibility index (Phi) is 4.80. The first-order valence-electron chi connectivity index (χ1n) is 9.02. The molecule has 1 aliphatic rings. The summed E-state index contributed by atoms with van der Waals surface area (Å²) < 4.78 is 0. The zero-order chi connectivity index (χ0) is 18.1. The van der Waals surface area contributed by atoms with Crippen LogP contribution in [0.1, 0.15) is 63.7 Å². The summed E-state index contributed by atoms with van der Waals surface area (Å²) >= 11 is 0. The number of nitrogens with one attached hydrogen (secondary N) is 1. The monoisotopic (exact) mass is 333 g/mol. The Morgan fingerprint density at radius 1 is 1.00 bits per heavy atom. The van der Waals surface area contributed by atoms with Crippen molar-refractivity contribution in [3.8, 4) is 0 Å². The van der Waals surface area contributed by atoms with Gasteiger partial charge in [0.2, 0.25) is 5.91 Å². The molecule has 0 heterocycles. The summed E-state index contributed by atoms with van der Waals surface area (Å²) in [5.74, 6) is 0.300. The maximum atomic E-state index is 11.9. The molecule has 1 N–H and O–H groups in total. The van der Waals surface area contributed by atoms with E-state index in [0.717, 1.165) is 12.8 Å². The van der Waals surface area contributed by atoms with Crippen LogP contribution in [0, 0.1) is 27.7 Å². The van der Waals surface area contributed by atoms with Crippen LogP contribution in [0.2, 0.25) is 0 Å². The molecule has 130 valence electrons. The second kappa shape index (κ2) is 6.87. The van der Waals surface area contributed by atoms with Crippen LogP contribution < -0.4 is 5.32 Å². The van der Waals surface area contributed by atoms with Crippen LogP contribution in [0.15, 0.2) is 43.0 Å². The van der Waals surface area contributed by atoms with Gasteiger partial charge < -0.3 is 5.32 Å². The van der Waals surface area contributed by atoms with Crippen LogP contribution in [-0.2, 0) is 4.79 Å². The normalized spacial score (nSPS) is 19.2. The van der Waals surface area contributed by atoms with Gasteiger partial charge in [-0.15, -0.1) is 0 Å². The van der Waals surface area contributed by atoms with Crippen molar-refractivity contribution in [1.82, 2.24) is 5.32 Å². The topological polar surface area (TPSA) is 29.1 Å². The predicted octanol–water partition coefficient (Wildman–Crippen LogP) is 5.19. The van der Waals surface area contributed by atoms with Crippen molar-refractivity contribution in [2.24, 2.45) is 0 Å². The van der Waals surface area contributed by atoms with E-state index in [-0.39, 0.29) is 11.9 Å². The molecule has 0 saturated carbocycles. The zero-order valence-electron chi connectivity index (χ0n) is 15.6. The molecule has 25 heavy (non-hydrogen) atoms. The van der Waals surface area contributed by atoms with E-state index in [2.05, 4.69) is 69.9 Å². The number of benzene rings is 2. The number of carbonyl (C=O) groups is 1. The lowest BCUT2D eigenvalue weighted by molar-refractivity contribution is -0.117. The van der Waals surface area contributed by atoms with Crippen molar-refractivity contribution in [2.75, 3.05) is 0 Å². The van der Waals surface area contributed by atoms with Gasteiger partial charge in [0.1, 0.15) is 0 Å². The lowest BCUT2D eigenvalue weighted by Crippen LogP contribution is -2.32. The van der Waals surface area contributed by atoms with E-state index in [1.807, 2.05) is 0 Å². The van der Waals surface area contributed by atoms with Gasteiger partial charge in [0.15, 0.2) is 0 Å². The molecule has 2 nitrogen and oxygen atoms in total. The molecule has 3 rings (SSSR count). The maximum absolute atomic E-state index is 11.9. The highest BCUT2D eigenvalue weighted by atomic mass is 16.1. The first-order chi connectivity index (χ1) is 11.9. The standard InChI is InChI=1S/C23H27NO/c1-6-21(25)24-20-12-11-18(19-13-14(2)7-8-15(19)3)22-16(4)9-10-17(5)23(20)22/h6-10,13,18,20H,1,11-12H2,2-5H3,(H,24,25)/t18-,20-/m1/s1. The van der Waals surface area contributed by atoms with Gasteiger partial charge in [-0.3, -0.25) is 4.79 Å². The molecule has 0 fully saturated rings. The van der Waals surface area contributed by atoms with E-state index >= 15 is 0 Å². The smallest absolute Gasteiger partial charge is 0.243 e. The molecular formula is C23H27NO. The third kappa shape index (κ3) is 3.26. The van der Waals surface area contributed by atoms with Crippen molar-refractivity contribution >= 4 is 5.91 Å². The van der Waals surface area contributed by atoms with Crippen molar-refractivity contribution in [2.45, 2.75) is 52.5 Å². The molecule has 0 saturated heterocycles. The van der Waals surface area contributed by atoms with Crippen LogP contribution in [0.5, 0.6) is 0 Å². The minimum Gasteiger partial charge on any atom is -0.346 e. The lowest BCUT2D eigenvalue weighted by Gasteiger charge is -2.35. The Morgan fingerprint density at radius 3 is 2.32 bits per heavy atom. The first-order valence-corrected chi connectivity index (χ1v) is 9.02. The SMILES string of the molecule is C=CC(=O)N[C@@H]1CC[C@H](c2cc(C)ccc2C)c2c(C)ccc(C)c21. The van der Waals surface area contributed by atoms with E-state index in [9.17, 15) is 4.79 Å². The molecule has 2 aromatic rings. The quantitative estimate of drug-likeness (QED) is 0.770. The van der Waals surface area contributed by atoms with Crippen molar-refractivity contribution in [3.63, 3.8) is 0 Å². The molecule has 0 unspecified atom stereocenters. The number of amides is 1. The van der Waals surface area contributed by atoms with E-state index in [4.69, 9.17) is 0 Å². The van der Waals surface area contributed by atoms with E-state index in [1.54, 1.807) is 0 Å². The predicted molar refractivity (Wildman–Crippen MR) is 104 cm³/mol. The first kappa shape index (κ1) is 17.5. The third-order valence-corrected chi connectivity index (χ3v) is 5.48. The van der Waals surface area contributed by atoms with E-state index in [0.29, 0.717) is 5.92 Å². The van der Waals surface area contributed by atoms with Gasteiger partial charge >= 0.3 is 0 Å². The number of hydrogen-bond donors (Lipinski definition) is 1. The number of rotatable bonds is 3. The zero-order valence-corrected chi connectivity index (χ0v) is 15.6. The summed E-state index contributed by atoms with van der Waals surface area (Å²) in [5, 5.41) is 3.13. The molecule has 2 atom stereocenters. The van der Waals surface area contributed by atoms with Crippen LogP contribution >= 0.6 is 0 Å². The lowest BCUT2D eigenvalue weighted by atomic mass is 9.72. The average Bonchev–Trinajstić information content (AvgIpc) is 2.60. The highest BCUT2D eigenvalue weighted by Crippen LogP contribution is 2.45. The number of fused-ring (bicyclic) bond motifs is 1. The Labute approximate surface area is 151 Å². The summed E-state index contributed by atoms with van der Waals surface area (Å²) in [7, 11) is 0. The van der Waals surface area contributed by atoms with Crippen LogP contribution in [-0.4, -0.2) is 5.91 Å². The molecule has 1 aliphatic carbocycles. The van der Waals surface area contributed by atoms with Gasteiger partial charge in [-0.05, 0) is 80.0 Å². The van der Waals surface area contributed by atoms with Gasteiger partial charge in [-0.2, -0.15) is 0 Å². The van der Waals surface area contributed by atoms with E-state index in [1.165, 1.54) is 45.0 Å². The summed E-state index contributed by atoms with van der Waals surface area (Å²) in [5.41, 5.74) is 9.32. The summed E-state index contributed by atoms with van der Waals surface area (Å²) in [6.45, 7) is 12.3. The van der Waals surface area contributed by atoms with E-state index < -0.39 is 0 Å². The minimum atomic E-state index is -0.0953. The maximum Gasteiger partial charge on any atom is 0.243 e. The fourth-order valence-corrected chi connectivity index (χ4v) is 4.22. The summed E-state index contributed by atoms with van der Waals surface area (Å²) in [6, 6.07) is 11.2. The molecule has 0 bridgehead atoms. The van der Waals surface area contributed by atoms with Crippen molar-refractivity contribution < 1.29 is 4.79 Å². The molecule has 0 aliphatic heterocycles. The van der Waals surface area contributed by atoms with Crippen molar-refractivity contribution in [1.29, 1.82) is 0 Å². The summed E-state index contributed by atoms with van der Waals surface area (Å²) in [6.07, 6.45) is 3.36. The Hall–Kier alpha value is -2.35. The number of hydrogen-bond acceptors (Lipinski definition) is 1. The number of carbonyl (C=O) groups excluding carboxylic acids is 1.